The molecule has 112 valence electrons. The highest BCUT2D eigenvalue weighted by Gasteiger charge is 2.42. The molecule has 22 heavy (non-hydrogen) atoms. The number of pyridine rings is 1. The van der Waals surface area contributed by atoms with Crippen LogP contribution in [0, 0.1) is 12.8 Å². The standard InChI is InChI=1S/C16H12BrNO4/c1-7-13-14(9-5-8(17)3-4-11(9)18-7)16(21)10(15(13)20)6-12(19)22-2/h3-5,10H,6H2,1-2H3. The maximum atomic E-state index is 12.7. The van der Waals surface area contributed by atoms with Gasteiger partial charge >= 0.3 is 5.97 Å². The molecule has 0 N–H and O–H groups in total. The summed E-state index contributed by atoms with van der Waals surface area (Å²) in [6, 6.07) is 5.39. The topological polar surface area (TPSA) is 73.3 Å². The van der Waals surface area contributed by atoms with Crippen molar-refractivity contribution in [2.45, 2.75) is 13.3 Å². The number of esters is 1. The number of benzene rings is 1. The molecule has 1 unspecified atom stereocenters. The molecule has 1 heterocycles. The summed E-state index contributed by atoms with van der Waals surface area (Å²) in [6.07, 6.45) is -0.238. The molecular weight excluding hydrogens is 350 g/mol. The van der Waals surface area contributed by atoms with Crippen LogP contribution in [-0.2, 0) is 9.53 Å². The van der Waals surface area contributed by atoms with E-state index in [1.165, 1.54) is 7.11 Å². The van der Waals surface area contributed by atoms with Gasteiger partial charge in [-0.05, 0) is 25.1 Å². The van der Waals surface area contributed by atoms with Gasteiger partial charge in [-0.3, -0.25) is 19.4 Å². The molecule has 0 saturated carbocycles. The maximum absolute atomic E-state index is 12.7. The second-order valence-corrected chi connectivity index (χ2v) is 6.09. The van der Waals surface area contributed by atoms with Crippen LogP contribution >= 0.6 is 15.9 Å². The van der Waals surface area contributed by atoms with E-state index in [0.717, 1.165) is 4.47 Å². The lowest BCUT2D eigenvalue weighted by Crippen LogP contribution is -2.20. The molecule has 0 spiro atoms. The van der Waals surface area contributed by atoms with Gasteiger partial charge in [0, 0.05) is 21.1 Å². The first-order chi connectivity index (χ1) is 10.4. The molecule has 0 radical (unpaired) electrons. The van der Waals surface area contributed by atoms with Gasteiger partial charge < -0.3 is 4.74 Å². The summed E-state index contributed by atoms with van der Waals surface area (Å²) in [5.74, 6) is -2.26. The van der Waals surface area contributed by atoms with E-state index >= 15 is 0 Å². The third-order valence-corrected chi connectivity index (χ3v) is 4.35. The highest BCUT2D eigenvalue weighted by Crippen LogP contribution is 2.36. The largest absolute Gasteiger partial charge is 0.469 e. The van der Waals surface area contributed by atoms with Crippen LogP contribution in [0.4, 0.5) is 0 Å². The number of aryl methyl sites for hydroxylation is 1. The fraction of sp³-hybridized carbons (Fsp3) is 0.250. The van der Waals surface area contributed by atoms with Crippen LogP contribution in [0.3, 0.4) is 0 Å². The minimum Gasteiger partial charge on any atom is -0.469 e. The summed E-state index contributed by atoms with van der Waals surface area (Å²) in [5.41, 5.74) is 1.85. The molecule has 6 heteroatoms. The molecule has 3 rings (SSSR count). The van der Waals surface area contributed by atoms with Gasteiger partial charge in [-0.1, -0.05) is 15.9 Å². The molecule has 0 amide bonds. The Morgan fingerprint density at radius 3 is 2.64 bits per heavy atom. The van der Waals surface area contributed by atoms with Crippen molar-refractivity contribution < 1.29 is 19.1 Å². The summed E-state index contributed by atoms with van der Waals surface area (Å²) in [7, 11) is 1.23. The second kappa shape index (κ2) is 5.28. The summed E-state index contributed by atoms with van der Waals surface area (Å²) in [5, 5.41) is 0.626. The van der Waals surface area contributed by atoms with Gasteiger partial charge in [0.15, 0.2) is 11.6 Å². The van der Waals surface area contributed by atoms with Gasteiger partial charge in [0.25, 0.3) is 0 Å². The fourth-order valence-corrected chi connectivity index (χ4v) is 3.18. The number of carbonyl (C=O) groups excluding carboxylic acids is 3. The number of halogens is 1. The van der Waals surface area contributed by atoms with Crippen molar-refractivity contribution in [3.63, 3.8) is 0 Å². The first-order valence-electron chi connectivity index (χ1n) is 6.69. The highest BCUT2D eigenvalue weighted by atomic mass is 79.9. The number of Topliss-reactive ketones (excluding diaryl/α,β-unsaturated/α-hetero) is 2. The summed E-state index contributed by atoms with van der Waals surface area (Å²) < 4.78 is 5.37. The molecule has 0 fully saturated rings. The van der Waals surface area contributed by atoms with Crippen molar-refractivity contribution in [1.82, 2.24) is 4.98 Å². The average molecular weight is 362 g/mol. The Hall–Kier alpha value is -2.08. The lowest BCUT2D eigenvalue weighted by molar-refractivity contribution is -0.141. The Morgan fingerprint density at radius 1 is 1.27 bits per heavy atom. The zero-order valence-corrected chi connectivity index (χ0v) is 13.6. The van der Waals surface area contributed by atoms with E-state index in [1.807, 2.05) is 6.07 Å². The number of carbonyl (C=O) groups is 3. The lowest BCUT2D eigenvalue weighted by atomic mass is 9.99. The van der Waals surface area contributed by atoms with Gasteiger partial charge in [0.05, 0.1) is 30.5 Å². The number of hydrogen-bond donors (Lipinski definition) is 0. The van der Waals surface area contributed by atoms with E-state index in [4.69, 9.17) is 0 Å². The average Bonchev–Trinajstić information content (AvgIpc) is 2.73. The molecule has 1 atom stereocenters. The van der Waals surface area contributed by atoms with Crippen LogP contribution in [0.2, 0.25) is 0 Å². The van der Waals surface area contributed by atoms with Crippen molar-refractivity contribution in [3.8, 4) is 0 Å². The van der Waals surface area contributed by atoms with Crippen molar-refractivity contribution in [2.75, 3.05) is 7.11 Å². The molecule has 0 aliphatic heterocycles. The first kappa shape index (κ1) is 14.8. The van der Waals surface area contributed by atoms with Gasteiger partial charge in [0.2, 0.25) is 0 Å². The number of rotatable bonds is 2. The van der Waals surface area contributed by atoms with E-state index in [-0.39, 0.29) is 18.0 Å². The predicted molar refractivity (Wildman–Crippen MR) is 83.0 cm³/mol. The monoisotopic (exact) mass is 361 g/mol. The molecule has 1 aliphatic carbocycles. The third kappa shape index (κ3) is 2.14. The van der Waals surface area contributed by atoms with E-state index in [1.54, 1.807) is 19.1 Å². The van der Waals surface area contributed by atoms with Crippen LogP contribution in [0.25, 0.3) is 10.9 Å². The number of ketones is 2. The number of ether oxygens (including phenoxy) is 1. The number of fused-ring (bicyclic) bond motifs is 3. The third-order valence-electron chi connectivity index (χ3n) is 3.85. The fourth-order valence-electron chi connectivity index (χ4n) is 2.82. The van der Waals surface area contributed by atoms with Gasteiger partial charge in [-0.2, -0.15) is 0 Å². The van der Waals surface area contributed by atoms with Crippen molar-refractivity contribution in [3.05, 3.63) is 39.5 Å². The summed E-state index contributed by atoms with van der Waals surface area (Å²) >= 11 is 3.36. The van der Waals surface area contributed by atoms with Crippen molar-refractivity contribution >= 4 is 44.4 Å². The van der Waals surface area contributed by atoms with Crippen molar-refractivity contribution in [1.29, 1.82) is 0 Å². The quantitative estimate of drug-likeness (QED) is 0.607. The Kier molecular flexibility index (Phi) is 3.56. The smallest absolute Gasteiger partial charge is 0.306 e. The van der Waals surface area contributed by atoms with Crippen molar-refractivity contribution in [2.24, 2.45) is 5.92 Å². The summed E-state index contributed by atoms with van der Waals surface area (Å²) in [4.78, 5) is 41.1. The molecule has 1 aliphatic rings. The number of hydrogen-bond acceptors (Lipinski definition) is 5. The Labute approximate surface area is 134 Å². The SMILES string of the molecule is COC(=O)CC1C(=O)c2c(C)nc3ccc(Br)cc3c2C1=O. The van der Waals surface area contributed by atoms with E-state index < -0.39 is 11.9 Å². The van der Waals surface area contributed by atoms with Gasteiger partial charge in [0.1, 0.15) is 0 Å². The van der Waals surface area contributed by atoms with Gasteiger partial charge in [-0.15, -0.1) is 0 Å². The van der Waals surface area contributed by atoms with Crippen LogP contribution in [0.1, 0.15) is 32.8 Å². The lowest BCUT2D eigenvalue weighted by Gasteiger charge is -2.06. The molecule has 2 aromatic rings. The minimum absolute atomic E-state index is 0.238. The molecule has 5 nitrogen and oxygen atoms in total. The van der Waals surface area contributed by atoms with Gasteiger partial charge in [-0.25, -0.2) is 0 Å². The molecule has 0 saturated heterocycles. The number of aromatic nitrogens is 1. The normalized spacial score (nSPS) is 17.0. The maximum Gasteiger partial charge on any atom is 0.306 e. The Balaban J connectivity index is 2.23. The minimum atomic E-state index is -1.01. The first-order valence-corrected chi connectivity index (χ1v) is 7.48. The summed E-state index contributed by atoms with van der Waals surface area (Å²) in [6.45, 7) is 1.70. The van der Waals surface area contributed by atoms with Crippen LogP contribution in [0.5, 0.6) is 0 Å². The van der Waals surface area contributed by atoms with Crippen LogP contribution in [-0.4, -0.2) is 29.6 Å². The second-order valence-electron chi connectivity index (χ2n) is 5.17. The van der Waals surface area contributed by atoms with Crippen LogP contribution in [0.15, 0.2) is 22.7 Å². The Morgan fingerprint density at radius 2 is 1.95 bits per heavy atom. The predicted octanol–water partition coefficient (Wildman–Crippen LogP) is 2.86. The zero-order valence-electron chi connectivity index (χ0n) is 12.0. The molecule has 1 aromatic heterocycles. The van der Waals surface area contributed by atoms with E-state index in [2.05, 4.69) is 25.7 Å². The molecule has 1 aromatic carbocycles. The zero-order chi connectivity index (χ0) is 16.0. The Bertz CT molecular complexity index is 844. The van der Waals surface area contributed by atoms with E-state index in [0.29, 0.717) is 27.7 Å². The van der Waals surface area contributed by atoms with E-state index in [9.17, 15) is 14.4 Å². The number of nitrogens with zero attached hydrogens (tertiary/aromatic N) is 1. The number of methoxy groups -OCH3 is 1. The van der Waals surface area contributed by atoms with Crippen LogP contribution < -0.4 is 0 Å². The molecular formula is C16H12BrNO4. The highest BCUT2D eigenvalue weighted by molar-refractivity contribution is 9.10. The molecule has 0 bridgehead atoms.